The molecule has 1 unspecified atom stereocenters. The number of methoxy groups -OCH3 is 1. The van der Waals surface area contributed by atoms with Crippen molar-refractivity contribution in [2.45, 2.75) is 26.4 Å². The van der Waals surface area contributed by atoms with Gasteiger partial charge in [0.15, 0.2) is 0 Å². The van der Waals surface area contributed by atoms with Gasteiger partial charge in [-0.3, -0.25) is 0 Å². The quantitative estimate of drug-likeness (QED) is 0.768. The van der Waals surface area contributed by atoms with E-state index in [1.54, 1.807) is 7.11 Å². The summed E-state index contributed by atoms with van der Waals surface area (Å²) in [7, 11) is 1.61. The summed E-state index contributed by atoms with van der Waals surface area (Å²) < 4.78 is 10.4. The van der Waals surface area contributed by atoms with E-state index in [1.165, 1.54) is 0 Å². The maximum absolute atomic E-state index is 9.40. The van der Waals surface area contributed by atoms with Gasteiger partial charge in [-0.15, -0.1) is 0 Å². The van der Waals surface area contributed by atoms with Crippen LogP contribution in [0.15, 0.2) is 18.2 Å². The topological polar surface area (TPSA) is 62.5 Å². The molecule has 0 heterocycles. The monoisotopic (exact) mass is 263 g/mol. The third kappa shape index (κ3) is 4.23. The Bertz CT molecular complexity index is 438. The Balaban J connectivity index is 2.92. The first-order valence-electron chi connectivity index (χ1n) is 6.39. The van der Waals surface area contributed by atoms with E-state index in [-0.39, 0.29) is 18.4 Å². The van der Waals surface area contributed by atoms with E-state index in [4.69, 9.17) is 9.47 Å². The second-order valence-electron chi connectivity index (χ2n) is 4.72. The summed E-state index contributed by atoms with van der Waals surface area (Å²) in [5.41, 5.74) is 1.62. The van der Waals surface area contributed by atoms with E-state index >= 15 is 0 Å². The maximum atomic E-state index is 9.40. The molecule has 0 saturated heterocycles. The van der Waals surface area contributed by atoms with Gasteiger partial charge in [0.05, 0.1) is 25.2 Å². The zero-order valence-electron chi connectivity index (χ0n) is 11.7. The van der Waals surface area contributed by atoms with E-state index in [1.807, 2.05) is 32.0 Å². The second-order valence-corrected chi connectivity index (χ2v) is 4.72. The van der Waals surface area contributed by atoms with Gasteiger partial charge in [-0.2, -0.15) is 5.26 Å². The Hall–Kier alpha value is -1.57. The first kappa shape index (κ1) is 15.5. The Morgan fingerprint density at radius 3 is 2.58 bits per heavy atom. The minimum atomic E-state index is -0.168. The van der Waals surface area contributed by atoms with Crippen molar-refractivity contribution in [2.24, 2.45) is 5.92 Å². The van der Waals surface area contributed by atoms with Crippen LogP contribution in [0, 0.1) is 17.2 Å². The predicted octanol–water partition coefficient (Wildman–Crippen LogP) is 2.47. The van der Waals surface area contributed by atoms with Crippen LogP contribution in [0.5, 0.6) is 5.75 Å². The van der Waals surface area contributed by atoms with Crippen LogP contribution in [-0.2, 0) is 11.3 Å². The Labute approximate surface area is 114 Å². The van der Waals surface area contributed by atoms with Crippen LogP contribution in [0.2, 0.25) is 0 Å². The third-order valence-electron chi connectivity index (χ3n) is 2.96. The van der Waals surface area contributed by atoms with Gasteiger partial charge >= 0.3 is 0 Å². The van der Waals surface area contributed by atoms with Gasteiger partial charge in [0.25, 0.3) is 0 Å². The smallest absolute Gasteiger partial charge is 0.124 e. The fourth-order valence-electron chi connectivity index (χ4n) is 1.90. The van der Waals surface area contributed by atoms with Crippen LogP contribution in [0.3, 0.4) is 0 Å². The number of hydrogen-bond donors (Lipinski definition) is 1. The molecule has 1 aromatic carbocycles. The summed E-state index contributed by atoms with van der Waals surface area (Å²) in [6.45, 7) is 4.85. The summed E-state index contributed by atoms with van der Waals surface area (Å²) in [5.74, 6) is 0.707. The number of benzene rings is 1. The van der Waals surface area contributed by atoms with Crippen LogP contribution in [0.25, 0.3) is 0 Å². The molecule has 0 bridgehead atoms. The highest BCUT2D eigenvalue weighted by atomic mass is 16.5. The average molecular weight is 263 g/mol. The molecule has 0 radical (unpaired) electrons. The van der Waals surface area contributed by atoms with Crippen LogP contribution in [0.4, 0.5) is 0 Å². The molecule has 0 aliphatic rings. The fraction of sp³-hybridized carbons (Fsp3) is 0.533. The molecule has 19 heavy (non-hydrogen) atoms. The lowest BCUT2D eigenvalue weighted by Gasteiger charge is -2.16. The zero-order valence-corrected chi connectivity index (χ0v) is 11.7. The lowest BCUT2D eigenvalue weighted by Crippen LogP contribution is -2.08. The highest BCUT2D eigenvalue weighted by Crippen LogP contribution is 2.28. The first-order chi connectivity index (χ1) is 9.13. The Morgan fingerprint density at radius 1 is 1.32 bits per heavy atom. The van der Waals surface area contributed by atoms with Crippen molar-refractivity contribution in [2.75, 3.05) is 20.3 Å². The van der Waals surface area contributed by atoms with Crippen LogP contribution in [-0.4, -0.2) is 25.4 Å². The molecule has 104 valence electrons. The minimum Gasteiger partial charge on any atom is -0.491 e. The molecule has 0 spiro atoms. The number of rotatable bonds is 7. The summed E-state index contributed by atoms with van der Waals surface area (Å²) in [6, 6.07) is 7.83. The molecule has 1 rings (SSSR count). The van der Waals surface area contributed by atoms with Crippen LogP contribution < -0.4 is 4.74 Å². The molecular weight excluding hydrogens is 242 g/mol. The highest BCUT2D eigenvalue weighted by molar-refractivity contribution is 5.40. The second kappa shape index (κ2) is 7.78. The average Bonchev–Trinajstić information content (AvgIpc) is 2.40. The van der Waals surface area contributed by atoms with E-state index in [9.17, 15) is 10.4 Å². The lowest BCUT2D eigenvalue weighted by molar-refractivity contribution is 0.144. The van der Waals surface area contributed by atoms with Crippen LogP contribution >= 0.6 is 0 Å². The largest absolute Gasteiger partial charge is 0.491 e. The summed E-state index contributed by atoms with van der Waals surface area (Å²) in [4.78, 5) is 0. The standard InChI is InChI=1S/C15H21NO3/c1-11(2)14(9-16)12-4-5-15(13(8-12)10-17)19-7-6-18-3/h4-5,8,11,14,17H,6-7,10H2,1-3H3. The lowest BCUT2D eigenvalue weighted by atomic mass is 9.89. The molecule has 1 aromatic rings. The van der Waals surface area contributed by atoms with E-state index in [0.717, 1.165) is 5.56 Å². The van der Waals surface area contributed by atoms with Gasteiger partial charge in [0.2, 0.25) is 0 Å². The molecule has 0 fully saturated rings. The van der Waals surface area contributed by atoms with Gasteiger partial charge in [-0.25, -0.2) is 0 Å². The molecule has 0 saturated carbocycles. The van der Waals surface area contributed by atoms with Crippen molar-refractivity contribution in [3.05, 3.63) is 29.3 Å². The predicted molar refractivity (Wildman–Crippen MR) is 72.9 cm³/mol. The van der Waals surface area contributed by atoms with Crippen molar-refractivity contribution in [3.63, 3.8) is 0 Å². The Morgan fingerprint density at radius 2 is 2.05 bits per heavy atom. The maximum Gasteiger partial charge on any atom is 0.124 e. The van der Waals surface area contributed by atoms with Gasteiger partial charge in [-0.05, 0) is 23.6 Å². The molecular formula is C15H21NO3. The Kier molecular flexibility index (Phi) is 6.34. The van der Waals surface area contributed by atoms with Gasteiger partial charge in [0, 0.05) is 12.7 Å². The normalized spacial score (nSPS) is 12.2. The number of nitrogens with zero attached hydrogens (tertiary/aromatic N) is 1. The summed E-state index contributed by atoms with van der Waals surface area (Å²) in [5, 5.41) is 18.6. The van der Waals surface area contributed by atoms with E-state index < -0.39 is 0 Å². The molecule has 1 atom stereocenters. The molecule has 4 nitrogen and oxygen atoms in total. The number of aliphatic hydroxyl groups is 1. The minimum absolute atomic E-state index is 0.105. The number of aliphatic hydroxyl groups excluding tert-OH is 1. The van der Waals surface area contributed by atoms with E-state index in [2.05, 4.69) is 6.07 Å². The number of nitriles is 1. The van der Waals surface area contributed by atoms with Crippen molar-refractivity contribution < 1.29 is 14.6 Å². The van der Waals surface area contributed by atoms with Gasteiger partial charge in [-0.1, -0.05) is 19.9 Å². The summed E-state index contributed by atoms with van der Waals surface area (Å²) >= 11 is 0. The molecule has 0 aromatic heterocycles. The molecule has 1 N–H and O–H groups in total. The molecule has 0 aliphatic heterocycles. The molecule has 0 amide bonds. The van der Waals surface area contributed by atoms with Gasteiger partial charge < -0.3 is 14.6 Å². The fourth-order valence-corrected chi connectivity index (χ4v) is 1.90. The van der Waals surface area contributed by atoms with Crippen molar-refractivity contribution in [1.82, 2.24) is 0 Å². The van der Waals surface area contributed by atoms with Crippen molar-refractivity contribution in [1.29, 1.82) is 5.26 Å². The third-order valence-corrected chi connectivity index (χ3v) is 2.96. The highest BCUT2D eigenvalue weighted by Gasteiger charge is 2.16. The van der Waals surface area contributed by atoms with Crippen LogP contribution in [0.1, 0.15) is 30.9 Å². The number of hydrogen-bond acceptors (Lipinski definition) is 4. The molecule has 0 aliphatic carbocycles. The van der Waals surface area contributed by atoms with Gasteiger partial charge in [0.1, 0.15) is 12.4 Å². The summed E-state index contributed by atoms with van der Waals surface area (Å²) in [6.07, 6.45) is 0. The molecule has 4 heteroatoms. The van der Waals surface area contributed by atoms with Crippen molar-refractivity contribution in [3.8, 4) is 11.8 Å². The number of ether oxygens (including phenoxy) is 2. The zero-order chi connectivity index (χ0) is 14.3. The van der Waals surface area contributed by atoms with Crippen molar-refractivity contribution >= 4 is 0 Å². The first-order valence-corrected chi connectivity index (χ1v) is 6.39. The SMILES string of the molecule is COCCOc1ccc(C(C#N)C(C)C)cc1CO. The van der Waals surface area contributed by atoms with E-state index in [0.29, 0.717) is 24.5 Å².